The first-order valence-electron chi connectivity index (χ1n) is 9.97. The van der Waals surface area contributed by atoms with Crippen molar-refractivity contribution in [2.24, 2.45) is 22.7 Å². The Labute approximate surface area is 157 Å². The number of carbonyl (C=O) groups is 1. The predicted molar refractivity (Wildman–Crippen MR) is 103 cm³/mol. The second-order valence-electron chi connectivity index (χ2n) is 9.78. The van der Waals surface area contributed by atoms with E-state index in [-0.39, 0.29) is 16.2 Å². The van der Waals surface area contributed by atoms with E-state index in [1.54, 1.807) is 14.2 Å². The summed E-state index contributed by atoms with van der Waals surface area (Å²) < 4.78 is 11.3. The maximum absolute atomic E-state index is 12.7. The van der Waals surface area contributed by atoms with Gasteiger partial charge in [-0.3, -0.25) is 4.79 Å². The summed E-state index contributed by atoms with van der Waals surface area (Å²) in [4.78, 5) is 12.7. The maximum Gasteiger partial charge on any atom is 0.138 e. The Balaban J connectivity index is 1.84. The van der Waals surface area contributed by atoms with Crippen LogP contribution in [-0.2, 0) is 16.6 Å². The zero-order valence-electron chi connectivity index (χ0n) is 17.1. The first-order chi connectivity index (χ1) is 12.2. The third kappa shape index (κ3) is 2.09. The lowest BCUT2D eigenvalue weighted by molar-refractivity contribution is -0.151. The van der Waals surface area contributed by atoms with Crippen LogP contribution in [0.2, 0.25) is 0 Å². The number of methoxy groups -OCH3 is 2. The molecule has 0 N–H and O–H groups in total. The van der Waals surface area contributed by atoms with Crippen LogP contribution in [0, 0.1) is 22.7 Å². The molecule has 0 aliphatic heterocycles. The average Bonchev–Trinajstić information content (AvgIpc) is 2.92. The van der Waals surface area contributed by atoms with Gasteiger partial charge in [0.25, 0.3) is 0 Å². The van der Waals surface area contributed by atoms with E-state index < -0.39 is 0 Å². The van der Waals surface area contributed by atoms with E-state index in [1.165, 1.54) is 11.1 Å². The number of ketones is 1. The first kappa shape index (κ1) is 17.9. The molecule has 1 aromatic rings. The number of rotatable bonds is 2. The van der Waals surface area contributed by atoms with E-state index in [4.69, 9.17) is 9.47 Å². The van der Waals surface area contributed by atoms with Gasteiger partial charge in [0.1, 0.15) is 17.3 Å². The van der Waals surface area contributed by atoms with Crippen LogP contribution in [0.4, 0.5) is 0 Å². The lowest BCUT2D eigenvalue weighted by atomic mass is 9.43. The molecule has 2 fully saturated rings. The number of fused-ring (bicyclic) bond motifs is 5. The normalized spacial score (nSPS) is 37.5. The Bertz CT molecular complexity index is 765. The molecule has 1 unspecified atom stereocenters. The number of benzene rings is 1. The highest BCUT2D eigenvalue weighted by molar-refractivity contribution is 5.85. The molecule has 3 nitrogen and oxygen atoms in total. The van der Waals surface area contributed by atoms with Gasteiger partial charge in [-0.1, -0.05) is 27.7 Å². The standard InChI is InChI=1S/C23H32O3/c1-21(2)17-7-9-23(4)18(22(17,3)10-8-19(21)24)12-14-11-15(25-5)13-16(26-6)20(14)23/h11,13,17-18H,7-10,12H2,1-6H3/t17?,18-,22+,23-/m1/s1. The molecule has 26 heavy (non-hydrogen) atoms. The van der Waals surface area contributed by atoms with Gasteiger partial charge in [0.05, 0.1) is 14.2 Å². The molecule has 0 bridgehead atoms. The Hall–Kier alpha value is -1.51. The SMILES string of the molecule is COc1cc2c(c(OC)c1)[C@]1(C)CCC3C(C)(C)C(=O)CC[C@]3(C)[C@H]1C2. The summed E-state index contributed by atoms with van der Waals surface area (Å²) in [5, 5.41) is 0. The predicted octanol–water partition coefficient (Wildman–Crippen LogP) is 4.94. The van der Waals surface area contributed by atoms with E-state index in [0.717, 1.165) is 43.6 Å². The third-order valence-electron chi connectivity index (χ3n) is 8.40. The minimum absolute atomic E-state index is 0.120. The molecule has 0 amide bonds. The van der Waals surface area contributed by atoms with Crippen molar-refractivity contribution in [3.8, 4) is 11.5 Å². The molecule has 0 heterocycles. The van der Waals surface area contributed by atoms with Crippen molar-refractivity contribution in [2.75, 3.05) is 14.2 Å². The molecule has 0 spiro atoms. The summed E-state index contributed by atoms with van der Waals surface area (Å²) in [6.07, 6.45) is 5.06. The van der Waals surface area contributed by atoms with Crippen LogP contribution in [0.25, 0.3) is 0 Å². The Kier molecular flexibility index (Phi) is 3.78. The van der Waals surface area contributed by atoms with Crippen molar-refractivity contribution in [1.82, 2.24) is 0 Å². The monoisotopic (exact) mass is 356 g/mol. The van der Waals surface area contributed by atoms with Crippen LogP contribution in [0.1, 0.15) is 64.5 Å². The summed E-state index contributed by atoms with van der Waals surface area (Å²) in [6, 6.07) is 4.24. The fourth-order valence-electron chi connectivity index (χ4n) is 7.06. The molecular weight excluding hydrogens is 324 g/mol. The lowest BCUT2D eigenvalue weighted by Gasteiger charge is -2.60. The largest absolute Gasteiger partial charge is 0.497 e. The highest BCUT2D eigenvalue weighted by atomic mass is 16.5. The molecule has 3 aliphatic rings. The van der Waals surface area contributed by atoms with E-state index in [2.05, 4.69) is 33.8 Å². The van der Waals surface area contributed by atoms with Crippen LogP contribution in [0.5, 0.6) is 11.5 Å². The highest BCUT2D eigenvalue weighted by Crippen LogP contribution is 2.68. The third-order valence-corrected chi connectivity index (χ3v) is 8.40. The topological polar surface area (TPSA) is 35.5 Å². The van der Waals surface area contributed by atoms with Crippen LogP contribution < -0.4 is 9.47 Å². The van der Waals surface area contributed by atoms with Gasteiger partial charge in [-0.05, 0) is 54.6 Å². The van der Waals surface area contributed by atoms with Crippen LogP contribution in [0.15, 0.2) is 12.1 Å². The molecule has 3 heteroatoms. The summed E-state index contributed by atoms with van der Waals surface area (Å²) in [5.74, 6) is 3.33. The fraction of sp³-hybridized carbons (Fsp3) is 0.696. The van der Waals surface area contributed by atoms with Gasteiger partial charge in [-0.2, -0.15) is 0 Å². The number of Topliss-reactive ketones (excluding diaryl/α,β-unsaturated/α-hetero) is 1. The summed E-state index contributed by atoms with van der Waals surface area (Å²) in [6.45, 7) is 9.27. The number of carbonyl (C=O) groups excluding carboxylic acids is 1. The molecule has 3 aliphatic carbocycles. The quantitative estimate of drug-likeness (QED) is 0.753. The molecule has 0 saturated heterocycles. The van der Waals surface area contributed by atoms with Crippen molar-refractivity contribution in [2.45, 2.75) is 65.2 Å². The Morgan fingerprint density at radius 1 is 1.00 bits per heavy atom. The van der Waals surface area contributed by atoms with Gasteiger partial charge in [0, 0.05) is 28.9 Å². The van der Waals surface area contributed by atoms with Gasteiger partial charge in [-0.25, -0.2) is 0 Å². The second kappa shape index (κ2) is 5.50. The van der Waals surface area contributed by atoms with Gasteiger partial charge in [-0.15, -0.1) is 0 Å². The molecule has 2 saturated carbocycles. The van der Waals surface area contributed by atoms with Gasteiger partial charge in [0.2, 0.25) is 0 Å². The lowest BCUT2D eigenvalue weighted by Crippen LogP contribution is -2.57. The van der Waals surface area contributed by atoms with Crippen molar-refractivity contribution >= 4 is 5.78 Å². The van der Waals surface area contributed by atoms with Crippen molar-refractivity contribution in [3.05, 3.63) is 23.3 Å². The van der Waals surface area contributed by atoms with Crippen LogP contribution in [-0.4, -0.2) is 20.0 Å². The van der Waals surface area contributed by atoms with Gasteiger partial charge >= 0.3 is 0 Å². The summed E-state index contributed by atoms with van der Waals surface area (Å²) in [5.41, 5.74) is 2.88. The van der Waals surface area contributed by atoms with Gasteiger partial charge in [0.15, 0.2) is 0 Å². The van der Waals surface area contributed by atoms with E-state index in [1.807, 2.05) is 6.07 Å². The molecule has 1 aromatic carbocycles. The highest BCUT2D eigenvalue weighted by Gasteiger charge is 2.63. The maximum atomic E-state index is 12.7. The molecule has 4 atom stereocenters. The zero-order valence-corrected chi connectivity index (χ0v) is 17.1. The minimum atomic E-state index is -0.203. The number of hydrogen-bond donors (Lipinski definition) is 0. The van der Waals surface area contributed by atoms with Crippen LogP contribution >= 0.6 is 0 Å². The average molecular weight is 357 g/mol. The second-order valence-corrected chi connectivity index (χ2v) is 9.78. The van der Waals surface area contributed by atoms with E-state index in [0.29, 0.717) is 17.6 Å². The smallest absolute Gasteiger partial charge is 0.138 e. The summed E-state index contributed by atoms with van der Waals surface area (Å²) >= 11 is 0. The molecule has 142 valence electrons. The van der Waals surface area contributed by atoms with Crippen LogP contribution in [0.3, 0.4) is 0 Å². The van der Waals surface area contributed by atoms with Crippen molar-refractivity contribution in [1.29, 1.82) is 0 Å². The Morgan fingerprint density at radius 3 is 2.38 bits per heavy atom. The molecule has 4 rings (SSSR count). The first-order valence-corrected chi connectivity index (χ1v) is 9.97. The molecular formula is C23H32O3. The van der Waals surface area contributed by atoms with E-state index in [9.17, 15) is 4.79 Å². The van der Waals surface area contributed by atoms with Crippen molar-refractivity contribution in [3.63, 3.8) is 0 Å². The number of ether oxygens (including phenoxy) is 2. The number of hydrogen-bond acceptors (Lipinski definition) is 3. The van der Waals surface area contributed by atoms with Crippen molar-refractivity contribution < 1.29 is 14.3 Å². The van der Waals surface area contributed by atoms with E-state index >= 15 is 0 Å². The Morgan fingerprint density at radius 2 is 1.73 bits per heavy atom. The van der Waals surface area contributed by atoms with Gasteiger partial charge < -0.3 is 9.47 Å². The zero-order chi connectivity index (χ0) is 18.9. The minimum Gasteiger partial charge on any atom is -0.497 e. The molecule has 0 aromatic heterocycles. The fourth-order valence-corrected chi connectivity index (χ4v) is 7.06. The molecule has 0 radical (unpaired) electrons. The summed E-state index contributed by atoms with van der Waals surface area (Å²) in [7, 11) is 3.49.